The number of tetrazole rings is 1. The second kappa shape index (κ2) is 8.38. The summed E-state index contributed by atoms with van der Waals surface area (Å²) in [5.41, 5.74) is 2.57. The quantitative estimate of drug-likeness (QED) is 0.563. The second-order valence-corrected chi connectivity index (χ2v) is 9.71. The standard InChI is InChI=1S/C20H24N6O2S2/c1-16-8-9-17(2)19(14-16)30(27,28)24-12-10-23(11-13-24)15-25-20(29)26(22-21-25)18-6-4-3-5-7-18/h3-9,14H,10-13,15H2,1-2H3. The highest BCUT2D eigenvalue weighted by atomic mass is 32.2. The van der Waals surface area contributed by atoms with Crippen LogP contribution in [0.15, 0.2) is 53.4 Å². The Hall–Kier alpha value is -2.40. The zero-order chi connectivity index (χ0) is 21.3. The fourth-order valence-corrected chi connectivity index (χ4v) is 5.49. The van der Waals surface area contributed by atoms with E-state index in [4.69, 9.17) is 12.2 Å². The van der Waals surface area contributed by atoms with Gasteiger partial charge in [0.1, 0.15) is 0 Å². The molecule has 0 amide bonds. The lowest BCUT2D eigenvalue weighted by Gasteiger charge is -2.33. The molecule has 0 aliphatic carbocycles. The molecule has 1 saturated heterocycles. The lowest BCUT2D eigenvalue weighted by molar-refractivity contribution is 0.143. The van der Waals surface area contributed by atoms with Gasteiger partial charge in [0.15, 0.2) is 0 Å². The van der Waals surface area contributed by atoms with E-state index in [1.807, 2.05) is 56.3 Å². The van der Waals surface area contributed by atoms with E-state index in [1.165, 1.54) is 0 Å². The van der Waals surface area contributed by atoms with Crippen molar-refractivity contribution in [3.8, 4) is 5.69 Å². The van der Waals surface area contributed by atoms with Crippen molar-refractivity contribution in [3.05, 3.63) is 64.4 Å². The summed E-state index contributed by atoms with van der Waals surface area (Å²) in [5, 5.41) is 8.33. The van der Waals surface area contributed by atoms with Crippen molar-refractivity contribution in [1.29, 1.82) is 0 Å². The highest BCUT2D eigenvalue weighted by Crippen LogP contribution is 2.22. The van der Waals surface area contributed by atoms with Gasteiger partial charge >= 0.3 is 0 Å². The number of rotatable bonds is 5. The number of aryl methyl sites for hydroxylation is 2. The molecule has 3 aromatic rings. The molecule has 1 aliphatic rings. The van der Waals surface area contributed by atoms with Crippen molar-refractivity contribution in [1.82, 2.24) is 29.0 Å². The van der Waals surface area contributed by atoms with Crippen LogP contribution >= 0.6 is 12.2 Å². The van der Waals surface area contributed by atoms with Crippen LogP contribution in [0, 0.1) is 18.6 Å². The van der Waals surface area contributed by atoms with Crippen LogP contribution in [0.1, 0.15) is 11.1 Å². The molecule has 0 spiro atoms. The van der Waals surface area contributed by atoms with Crippen molar-refractivity contribution in [2.75, 3.05) is 26.2 Å². The minimum absolute atomic E-state index is 0.393. The fraction of sp³-hybridized carbons (Fsp3) is 0.350. The van der Waals surface area contributed by atoms with Gasteiger partial charge in [0, 0.05) is 26.2 Å². The molecular formula is C20H24N6O2S2. The summed E-state index contributed by atoms with van der Waals surface area (Å²) in [6.07, 6.45) is 0. The van der Waals surface area contributed by atoms with Crippen LogP contribution in [-0.4, -0.2) is 63.6 Å². The van der Waals surface area contributed by atoms with Crippen molar-refractivity contribution < 1.29 is 8.42 Å². The third kappa shape index (κ3) is 4.08. The molecule has 0 N–H and O–H groups in total. The van der Waals surface area contributed by atoms with Crippen LogP contribution in [0.2, 0.25) is 0 Å². The molecule has 30 heavy (non-hydrogen) atoms. The smallest absolute Gasteiger partial charge is 0.243 e. The topological polar surface area (TPSA) is 76.3 Å². The largest absolute Gasteiger partial charge is 0.282 e. The first kappa shape index (κ1) is 20.9. The summed E-state index contributed by atoms with van der Waals surface area (Å²) in [7, 11) is -3.50. The molecule has 0 atom stereocenters. The highest BCUT2D eigenvalue weighted by molar-refractivity contribution is 7.89. The number of para-hydroxylation sites is 1. The molecule has 1 fully saturated rings. The first-order chi connectivity index (χ1) is 14.4. The van der Waals surface area contributed by atoms with Crippen molar-refractivity contribution >= 4 is 22.2 Å². The Bertz CT molecular complexity index is 1200. The van der Waals surface area contributed by atoms with Crippen molar-refractivity contribution in [2.45, 2.75) is 25.4 Å². The first-order valence-electron chi connectivity index (χ1n) is 9.74. The van der Waals surface area contributed by atoms with Crippen LogP contribution in [0.25, 0.3) is 5.69 Å². The molecule has 0 radical (unpaired) electrons. The first-order valence-corrected chi connectivity index (χ1v) is 11.6. The van der Waals surface area contributed by atoms with Gasteiger partial charge in [-0.3, -0.25) is 4.90 Å². The number of piperazine rings is 1. The third-order valence-electron chi connectivity index (χ3n) is 5.27. The second-order valence-electron chi connectivity index (χ2n) is 7.44. The summed E-state index contributed by atoms with van der Waals surface area (Å²) in [6.45, 7) is 6.27. The number of hydrogen-bond acceptors (Lipinski definition) is 6. The average Bonchev–Trinajstić information content (AvgIpc) is 3.11. The molecule has 1 aliphatic heterocycles. The van der Waals surface area contributed by atoms with E-state index in [9.17, 15) is 8.42 Å². The number of benzene rings is 2. The zero-order valence-electron chi connectivity index (χ0n) is 17.0. The van der Waals surface area contributed by atoms with Crippen LogP contribution < -0.4 is 0 Å². The summed E-state index contributed by atoms with van der Waals surface area (Å²) in [6, 6.07) is 15.2. The van der Waals surface area contributed by atoms with Gasteiger partial charge in [0.05, 0.1) is 17.3 Å². The van der Waals surface area contributed by atoms with E-state index in [0.717, 1.165) is 16.8 Å². The Morgan fingerprint density at radius 1 is 0.967 bits per heavy atom. The number of sulfonamides is 1. The lowest BCUT2D eigenvalue weighted by atomic mass is 10.2. The number of aromatic nitrogens is 4. The summed E-state index contributed by atoms with van der Waals surface area (Å²) >= 11 is 5.52. The molecule has 2 heterocycles. The Morgan fingerprint density at radius 3 is 2.37 bits per heavy atom. The summed E-state index contributed by atoms with van der Waals surface area (Å²) in [4.78, 5) is 2.53. The predicted molar refractivity (Wildman–Crippen MR) is 116 cm³/mol. The maximum absolute atomic E-state index is 13.1. The van der Waals surface area contributed by atoms with E-state index >= 15 is 0 Å². The highest BCUT2D eigenvalue weighted by Gasteiger charge is 2.30. The van der Waals surface area contributed by atoms with Crippen molar-refractivity contribution in [2.24, 2.45) is 0 Å². The molecule has 0 bridgehead atoms. The summed E-state index contributed by atoms with van der Waals surface area (Å²) < 4.78 is 31.6. The van der Waals surface area contributed by atoms with Gasteiger partial charge in [-0.15, -0.1) is 0 Å². The zero-order valence-corrected chi connectivity index (χ0v) is 18.6. The normalized spacial score (nSPS) is 16.1. The van der Waals surface area contributed by atoms with Crippen molar-refractivity contribution in [3.63, 3.8) is 0 Å². The van der Waals surface area contributed by atoms with Gasteiger partial charge in [-0.05, 0) is 65.8 Å². The van der Waals surface area contributed by atoms with Gasteiger partial charge in [-0.25, -0.2) is 13.1 Å². The van der Waals surface area contributed by atoms with E-state index in [-0.39, 0.29) is 0 Å². The van der Waals surface area contributed by atoms with Crippen LogP contribution in [0.3, 0.4) is 0 Å². The van der Waals surface area contributed by atoms with Crippen LogP contribution in [0.4, 0.5) is 0 Å². The maximum atomic E-state index is 13.1. The van der Waals surface area contributed by atoms with Gasteiger partial charge in [0.25, 0.3) is 0 Å². The van der Waals surface area contributed by atoms with Gasteiger partial charge in [0.2, 0.25) is 14.8 Å². The van der Waals surface area contributed by atoms with Gasteiger partial charge in [-0.2, -0.15) is 8.99 Å². The number of nitrogens with zero attached hydrogens (tertiary/aromatic N) is 6. The van der Waals surface area contributed by atoms with E-state index < -0.39 is 10.0 Å². The third-order valence-corrected chi connectivity index (χ3v) is 7.69. The number of hydrogen-bond donors (Lipinski definition) is 0. The van der Waals surface area contributed by atoms with E-state index in [0.29, 0.717) is 42.5 Å². The van der Waals surface area contributed by atoms with Gasteiger partial charge in [-0.1, -0.05) is 30.3 Å². The maximum Gasteiger partial charge on any atom is 0.243 e. The van der Waals surface area contributed by atoms with E-state index in [2.05, 4.69) is 15.3 Å². The Labute approximate surface area is 181 Å². The Balaban J connectivity index is 1.44. The molecule has 2 aromatic carbocycles. The molecule has 8 nitrogen and oxygen atoms in total. The monoisotopic (exact) mass is 444 g/mol. The Kier molecular flexibility index (Phi) is 5.83. The average molecular weight is 445 g/mol. The molecule has 1 aromatic heterocycles. The lowest BCUT2D eigenvalue weighted by Crippen LogP contribution is -2.49. The molecule has 4 rings (SSSR count). The molecule has 0 unspecified atom stereocenters. The van der Waals surface area contributed by atoms with Gasteiger partial charge < -0.3 is 0 Å². The predicted octanol–water partition coefficient (Wildman–Crippen LogP) is 2.38. The minimum Gasteiger partial charge on any atom is -0.282 e. The molecule has 158 valence electrons. The minimum atomic E-state index is -3.50. The van der Waals surface area contributed by atoms with Crippen LogP contribution in [0.5, 0.6) is 0 Å². The van der Waals surface area contributed by atoms with E-state index in [1.54, 1.807) is 19.7 Å². The molecule has 10 heteroatoms. The fourth-order valence-electron chi connectivity index (χ4n) is 3.52. The molecular weight excluding hydrogens is 420 g/mol. The Morgan fingerprint density at radius 2 is 1.67 bits per heavy atom. The summed E-state index contributed by atoms with van der Waals surface area (Å²) in [5.74, 6) is 0. The van der Waals surface area contributed by atoms with Crippen LogP contribution in [-0.2, 0) is 16.7 Å². The molecule has 0 saturated carbocycles. The SMILES string of the molecule is Cc1ccc(C)c(S(=O)(=O)N2CCN(Cn3nnn(-c4ccccc4)c3=S)CC2)c1.